The molecule has 0 bridgehead atoms. The number of hydrogen-bond acceptors (Lipinski definition) is 4. The van der Waals surface area contributed by atoms with E-state index >= 15 is 0 Å². The van der Waals surface area contributed by atoms with Crippen molar-refractivity contribution in [3.8, 4) is 0 Å². The van der Waals surface area contributed by atoms with Crippen LogP contribution in [0, 0.1) is 17.7 Å². The Morgan fingerprint density at radius 2 is 2.00 bits per heavy atom. The normalized spacial score (nSPS) is 20.4. The van der Waals surface area contributed by atoms with Crippen LogP contribution in [0.25, 0.3) is 0 Å². The Bertz CT molecular complexity index is 568. The summed E-state index contributed by atoms with van der Waals surface area (Å²) in [4.78, 5) is 24.5. The maximum Gasteiger partial charge on any atom is 0.308 e. The van der Waals surface area contributed by atoms with E-state index in [0.29, 0.717) is 12.1 Å². The van der Waals surface area contributed by atoms with E-state index in [4.69, 9.17) is 10.5 Å². The van der Waals surface area contributed by atoms with Gasteiger partial charge in [0.05, 0.1) is 19.1 Å². The zero-order valence-electron chi connectivity index (χ0n) is 14.4. The summed E-state index contributed by atoms with van der Waals surface area (Å²) in [5.74, 6) is -0.795. The summed E-state index contributed by atoms with van der Waals surface area (Å²) in [6, 6.07) is 5.26. The fraction of sp³-hybridized carbons (Fsp3) is 0.556. The monoisotopic (exact) mass is 372 g/mol. The molecule has 0 heterocycles. The minimum atomic E-state index is -0.531. The van der Waals surface area contributed by atoms with Gasteiger partial charge in [0.2, 0.25) is 5.91 Å². The topological polar surface area (TPSA) is 81.4 Å². The van der Waals surface area contributed by atoms with Crippen LogP contribution >= 0.6 is 12.4 Å². The van der Waals surface area contributed by atoms with E-state index in [0.717, 1.165) is 19.3 Å². The van der Waals surface area contributed by atoms with Crippen LogP contribution < -0.4 is 11.1 Å². The lowest BCUT2D eigenvalue weighted by Gasteiger charge is -2.23. The molecule has 1 aliphatic carbocycles. The van der Waals surface area contributed by atoms with Gasteiger partial charge in [-0.05, 0) is 49.9 Å². The van der Waals surface area contributed by atoms with E-state index in [1.165, 1.54) is 12.1 Å². The highest BCUT2D eigenvalue weighted by Crippen LogP contribution is 2.32. The fourth-order valence-electron chi connectivity index (χ4n) is 3.28. The first kappa shape index (κ1) is 21.4. The quantitative estimate of drug-likeness (QED) is 0.721. The minimum absolute atomic E-state index is 0. The molecule has 140 valence electrons. The highest BCUT2D eigenvalue weighted by molar-refractivity contribution is 5.85. The summed E-state index contributed by atoms with van der Waals surface area (Å²) >= 11 is 0. The first-order valence-corrected chi connectivity index (χ1v) is 8.46. The van der Waals surface area contributed by atoms with E-state index in [-0.39, 0.29) is 49.0 Å². The van der Waals surface area contributed by atoms with Gasteiger partial charge in [0, 0.05) is 5.92 Å². The predicted molar refractivity (Wildman–Crippen MR) is 95.7 cm³/mol. The van der Waals surface area contributed by atoms with E-state index in [1.807, 2.05) is 0 Å². The van der Waals surface area contributed by atoms with E-state index in [2.05, 4.69) is 5.32 Å². The van der Waals surface area contributed by atoms with Crippen LogP contribution in [0.1, 0.15) is 44.2 Å². The Hall–Kier alpha value is -1.66. The Morgan fingerprint density at radius 3 is 2.60 bits per heavy atom. The summed E-state index contributed by atoms with van der Waals surface area (Å²) in [7, 11) is 0. The third-order valence-corrected chi connectivity index (χ3v) is 4.56. The van der Waals surface area contributed by atoms with Crippen LogP contribution in [0.5, 0.6) is 0 Å². The molecule has 1 fully saturated rings. The zero-order valence-corrected chi connectivity index (χ0v) is 15.2. The molecule has 1 aromatic rings. The molecule has 0 radical (unpaired) electrons. The van der Waals surface area contributed by atoms with Crippen molar-refractivity contribution in [1.82, 2.24) is 5.32 Å². The number of hydrogen-bond donors (Lipinski definition) is 2. The van der Waals surface area contributed by atoms with Crippen LogP contribution in [0.4, 0.5) is 4.39 Å². The number of ether oxygens (including phenoxy) is 1. The number of amides is 1. The van der Waals surface area contributed by atoms with Crippen molar-refractivity contribution in [2.45, 2.75) is 38.6 Å². The Morgan fingerprint density at radius 1 is 1.32 bits per heavy atom. The third-order valence-electron chi connectivity index (χ3n) is 4.56. The van der Waals surface area contributed by atoms with Crippen molar-refractivity contribution in [1.29, 1.82) is 0 Å². The largest absolute Gasteiger partial charge is 0.466 e. The van der Waals surface area contributed by atoms with Crippen LogP contribution in [0.2, 0.25) is 0 Å². The number of carbonyl (C=O) groups is 2. The molecule has 1 aliphatic rings. The molecule has 3 N–H and O–H groups in total. The molecule has 1 unspecified atom stereocenters. The lowest BCUT2D eigenvalue weighted by atomic mass is 9.94. The molecule has 0 aromatic heterocycles. The molecule has 5 nitrogen and oxygen atoms in total. The van der Waals surface area contributed by atoms with E-state index in [9.17, 15) is 14.0 Å². The molecule has 0 aliphatic heterocycles. The summed E-state index contributed by atoms with van der Waals surface area (Å²) in [5.41, 5.74) is 6.43. The Kier molecular flexibility index (Phi) is 8.86. The molecule has 1 amide bonds. The standard InChI is InChI=1S/C18H25FN2O3.ClH/c1-2-24-17(22)10-16(12-6-8-14(19)9-7-12)21-18(23)15-5-3-4-13(15)11-20;/h6-9,13,15-16H,2-5,10-11,20H2,1H3,(H,21,23);1H/t13-,15-,16?;/m1./s1. The highest BCUT2D eigenvalue weighted by Gasteiger charge is 2.33. The van der Waals surface area contributed by atoms with Gasteiger partial charge in [0.1, 0.15) is 5.82 Å². The van der Waals surface area contributed by atoms with Crippen molar-refractivity contribution in [2.75, 3.05) is 13.2 Å². The molecular weight excluding hydrogens is 347 g/mol. The smallest absolute Gasteiger partial charge is 0.308 e. The van der Waals surface area contributed by atoms with Gasteiger partial charge in [-0.15, -0.1) is 12.4 Å². The second-order valence-electron chi connectivity index (χ2n) is 6.16. The number of halogens is 2. The maximum atomic E-state index is 13.1. The minimum Gasteiger partial charge on any atom is -0.466 e. The van der Waals surface area contributed by atoms with Gasteiger partial charge in [0.15, 0.2) is 0 Å². The van der Waals surface area contributed by atoms with Crippen LogP contribution in [0.15, 0.2) is 24.3 Å². The SMILES string of the molecule is CCOC(=O)CC(NC(=O)[C@@H]1CCC[C@@H]1CN)c1ccc(F)cc1.Cl. The van der Waals surface area contributed by atoms with Crippen LogP contribution in [0.3, 0.4) is 0 Å². The van der Waals surface area contributed by atoms with Gasteiger partial charge in [-0.3, -0.25) is 9.59 Å². The fourth-order valence-corrected chi connectivity index (χ4v) is 3.28. The molecule has 0 saturated heterocycles. The van der Waals surface area contributed by atoms with Crippen LogP contribution in [-0.4, -0.2) is 25.0 Å². The van der Waals surface area contributed by atoms with Gasteiger partial charge in [-0.25, -0.2) is 4.39 Å². The van der Waals surface area contributed by atoms with Gasteiger partial charge < -0.3 is 15.8 Å². The number of benzene rings is 1. The van der Waals surface area contributed by atoms with Crippen LogP contribution in [-0.2, 0) is 14.3 Å². The number of nitrogens with one attached hydrogen (secondary N) is 1. The number of rotatable bonds is 7. The second kappa shape index (κ2) is 10.4. The molecule has 2 rings (SSSR count). The lowest BCUT2D eigenvalue weighted by Crippen LogP contribution is -2.38. The zero-order chi connectivity index (χ0) is 17.5. The molecule has 7 heteroatoms. The summed E-state index contributed by atoms with van der Waals surface area (Å²) < 4.78 is 18.1. The van der Waals surface area contributed by atoms with Crippen molar-refractivity contribution in [2.24, 2.45) is 17.6 Å². The molecular formula is C18H26ClFN2O3. The summed E-state index contributed by atoms with van der Waals surface area (Å²) in [5, 5.41) is 2.93. The number of nitrogens with two attached hydrogens (primary N) is 1. The van der Waals surface area contributed by atoms with Crippen molar-refractivity contribution >= 4 is 24.3 Å². The van der Waals surface area contributed by atoms with Crippen molar-refractivity contribution in [3.63, 3.8) is 0 Å². The molecule has 25 heavy (non-hydrogen) atoms. The number of carbonyl (C=O) groups excluding carboxylic acids is 2. The van der Waals surface area contributed by atoms with Gasteiger partial charge >= 0.3 is 5.97 Å². The average Bonchev–Trinajstić information content (AvgIpc) is 3.04. The van der Waals surface area contributed by atoms with Gasteiger partial charge in [-0.1, -0.05) is 18.6 Å². The summed E-state index contributed by atoms with van der Waals surface area (Å²) in [6.45, 7) is 2.49. The molecule has 0 spiro atoms. The number of esters is 1. The Balaban J connectivity index is 0.00000312. The first-order chi connectivity index (χ1) is 11.5. The van der Waals surface area contributed by atoms with Crippen molar-refractivity contribution in [3.05, 3.63) is 35.6 Å². The predicted octanol–water partition coefficient (Wildman–Crippen LogP) is 2.73. The molecule has 1 saturated carbocycles. The highest BCUT2D eigenvalue weighted by atomic mass is 35.5. The van der Waals surface area contributed by atoms with E-state index < -0.39 is 12.0 Å². The van der Waals surface area contributed by atoms with Gasteiger partial charge in [0.25, 0.3) is 0 Å². The van der Waals surface area contributed by atoms with E-state index in [1.54, 1.807) is 19.1 Å². The lowest BCUT2D eigenvalue weighted by molar-refractivity contribution is -0.144. The van der Waals surface area contributed by atoms with Crippen molar-refractivity contribution < 1.29 is 18.7 Å². The second-order valence-corrected chi connectivity index (χ2v) is 6.16. The third kappa shape index (κ3) is 5.97. The average molecular weight is 373 g/mol. The molecule has 3 atom stereocenters. The van der Waals surface area contributed by atoms with Gasteiger partial charge in [-0.2, -0.15) is 0 Å². The first-order valence-electron chi connectivity index (χ1n) is 8.46. The Labute approximate surface area is 153 Å². The maximum absolute atomic E-state index is 13.1. The molecule has 1 aromatic carbocycles. The summed E-state index contributed by atoms with van der Waals surface area (Å²) in [6.07, 6.45) is 2.77.